The highest BCUT2D eigenvalue weighted by Gasteiger charge is 2.24. The van der Waals surface area contributed by atoms with Crippen LogP contribution in [0.25, 0.3) is 0 Å². The molecule has 2 atom stereocenters. The Kier molecular flexibility index (Phi) is 5.60. The van der Waals surface area contributed by atoms with Crippen LogP contribution in [0.1, 0.15) is 47.2 Å². The lowest BCUT2D eigenvalue weighted by Gasteiger charge is -2.30. The summed E-state index contributed by atoms with van der Waals surface area (Å²) in [5.74, 6) is -1.06. The van der Waals surface area contributed by atoms with Crippen LogP contribution in [-0.4, -0.2) is 23.0 Å². The Morgan fingerprint density at radius 2 is 1.78 bits per heavy atom. The number of benzene rings is 1. The molecule has 0 saturated heterocycles. The maximum atomic E-state index is 14.5. The molecule has 144 valence electrons. The number of amides is 1. The summed E-state index contributed by atoms with van der Waals surface area (Å²) in [5, 5.41) is 6.21. The van der Waals surface area contributed by atoms with E-state index in [0.717, 1.165) is 48.6 Å². The maximum absolute atomic E-state index is 14.5. The number of aromatic nitrogens is 1. The first-order chi connectivity index (χ1) is 12.8. The number of hydrogen-bond donors (Lipinski definition) is 4. The Morgan fingerprint density at radius 1 is 1.11 bits per heavy atom. The smallest absolute Gasteiger partial charge is 0.252 e. The van der Waals surface area contributed by atoms with E-state index in [0.29, 0.717) is 0 Å². The molecule has 1 heterocycles. The number of pyridine rings is 1. The summed E-state index contributed by atoms with van der Waals surface area (Å²) in [7, 11) is 0. The average molecular weight is 371 g/mol. The molecule has 1 aliphatic rings. The monoisotopic (exact) mass is 371 g/mol. The van der Waals surface area contributed by atoms with E-state index >= 15 is 0 Å². The Labute approximate surface area is 158 Å². The van der Waals surface area contributed by atoms with Crippen LogP contribution in [0.3, 0.4) is 0 Å². The maximum Gasteiger partial charge on any atom is 0.252 e. The van der Waals surface area contributed by atoms with Crippen LogP contribution in [0.4, 0.5) is 21.7 Å². The van der Waals surface area contributed by atoms with E-state index in [1.807, 2.05) is 32.0 Å². The number of rotatable bonds is 5. The molecular formula is C20H26FN5O. The Morgan fingerprint density at radius 3 is 2.41 bits per heavy atom. The molecule has 1 saturated carbocycles. The molecule has 1 aliphatic carbocycles. The summed E-state index contributed by atoms with van der Waals surface area (Å²) in [6.07, 6.45) is 3.88. The second-order valence-electron chi connectivity index (χ2n) is 7.28. The van der Waals surface area contributed by atoms with Crippen LogP contribution in [0.2, 0.25) is 0 Å². The van der Waals surface area contributed by atoms with Gasteiger partial charge in [-0.15, -0.1) is 0 Å². The van der Waals surface area contributed by atoms with Crippen molar-refractivity contribution in [2.45, 2.75) is 51.6 Å². The Bertz CT molecular complexity index is 834. The lowest BCUT2D eigenvalue weighted by Crippen LogP contribution is -2.43. The number of nitrogens with two attached hydrogens (primary N) is 2. The second kappa shape index (κ2) is 7.92. The van der Waals surface area contributed by atoms with Crippen molar-refractivity contribution in [2.75, 3.05) is 10.6 Å². The minimum absolute atomic E-state index is 0.00477. The van der Waals surface area contributed by atoms with Gasteiger partial charge in [0.15, 0.2) is 11.6 Å². The van der Waals surface area contributed by atoms with Crippen LogP contribution >= 0.6 is 0 Å². The number of carbonyl (C=O) groups excluding carboxylic acids is 1. The highest BCUT2D eigenvalue weighted by atomic mass is 19.1. The molecule has 1 aromatic carbocycles. The van der Waals surface area contributed by atoms with Gasteiger partial charge in [0.05, 0.1) is 5.56 Å². The van der Waals surface area contributed by atoms with Gasteiger partial charge in [-0.2, -0.15) is 0 Å². The molecule has 1 amide bonds. The van der Waals surface area contributed by atoms with E-state index in [4.69, 9.17) is 11.5 Å². The van der Waals surface area contributed by atoms with Crippen molar-refractivity contribution >= 4 is 23.2 Å². The standard InChI is InChI=1S/C20H26FN5O/c1-11-7-12(2)9-13(8-11)24-19-14(18(23)27)10-15(21)20(26-19)25-17-6-4-3-5-16(17)22/h7-10,16-17H,3-6,22H2,1-2H3,(H2,23,27)(H2,24,25,26)/t16-,17?/m0/s1. The highest BCUT2D eigenvalue weighted by Crippen LogP contribution is 2.27. The van der Waals surface area contributed by atoms with E-state index < -0.39 is 11.7 Å². The predicted molar refractivity (Wildman–Crippen MR) is 106 cm³/mol. The van der Waals surface area contributed by atoms with Crippen LogP contribution in [0.15, 0.2) is 24.3 Å². The van der Waals surface area contributed by atoms with Gasteiger partial charge < -0.3 is 22.1 Å². The van der Waals surface area contributed by atoms with E-state index in [2.05, 4.69) is 15.6 Å². The molecule has 6 N–H and O–H groups in total. The lowest BCUT2D eigenvalue weighted by atomic mass is 9.91. The molecule has 3 rings (SSSR count). The van der Waals surface area contributed by atoms with Gasteiger partial charge in [-0.3, -0.25) is 4.79 Å². The van der Waals surface area contributed by atoms with Crippen molar-refractivity contribution in [3.63, 3.8) is 0 Å². The number of primary amides is 1. The second-order valence-corrected chi connectivity index (χ2v) is 7.28. The summed E-state index contributed by atoms with van der Waals surface area (Å²) in [6, 6.07) is 6.91. The van der Waals surface area contributed by atoms with Gasteiger partial charge >= 0.3 is 0 Å². The normalized spacial score (nSPS) is 19.6. The SMILES string of the molecule is Cc1cc(C)cc(Nc2nc(NC3CCCC[C@@H]3N)c(F)cc2C(N)=O)c1. The average Bonchev–Trinajstić information content (AvgIpc) is 2.58. The summed E-state index contributed by atoms with van der Waals surface area (Å²) in [4.78, 5) is 16.1. The van der Waals surface area contributed by atoms with Gasteiger partial charge in [0.2, 0.25) is 0 Å². The van der Waals surface area contributed by atoms with Crippen molar-refractivity contribution in [2.24, 2.45) is 11.5 Å². The minimum atomic E-state index is -0.741. The number of nitrogens with zero attached hydrogens (tertiary/aromatic N) is 1. The molecule has 7 heteroatoms. The van der Waals surface area contributed by atoms with E-state index in [-0.39, 0.29) is 29.3 Å². The van der Waals surface area contributed by atoms with Gasteiger partial charge in [-0.05, 0) is 56.0 Å². The third-order valence-electron chi connectivity index (χ3n) is 4.87. The molecule has 0 radical (unpaired) electrons. The van der Waals surface area contributed by atoms with Gasteiger partial charge in [-0.1, -0.05) is 18.9 Å². The number of hydrogen-bond acceptors (Lipinski definition) is 5. The molecule has 0 spiro atoms. The van der Waals surface area contributed by atoms with Crippen LogP contribution < -0.4 is 22.1 Å². The minimum Gasteiger partial charge on any atom is -0.365 e. The summed E-state index contributed by atoms with van der Waals surface area (Å²) < 4.78 is 14.5. The molecule has 1 unspecified atom stereocenters. The fourth-order valence-electron chi connectivity index (χ4n) is 3.57. The topological polar surface area (TPSA) is 106 Å². The van der Waals surface area contributed by atoms with Crippen molar-refractivity contribution in [3.05, 3.63) is 46.8 Å². The summed E-state index contributed by atoms with van der Waals surface area (Å²) in [5.41, 5.74) is 14.5. The zero-order valence-corrected chi connectivity index (χ0v) is 15.7. The molecule has 2 aromatic rings. The number of anilines is 3. The quantitative estimate of drug-likeness (QED) is 0.645. The molecular weight excluding hydrogens is 345 g/mol. The molecule has 0 bridgehead atoms. The Hall–Kier alpha value is -2.67. The number of aryl methyl sites for hydroxylation is 2. The number of nitrogens with one attached hydrogen (secondary N) is 2. The molecule has 6 nitrogen and oxygen atoms in total. The summed E-state index contributed by atoms with van der Waals surface area (Å²) in [6.45, 7) is 3.95. The van der Waals surface area contributed by atoms with Crippen molar-refractivity contribution < 1.29 is 9.18 Å². The highest BCUT2D eigenvalue weighted by molar-refractivity contribution is 5.98. The molecule has 0 aliphatic heterocycles. The van der Waals surface area contributed by atoms with Crippen molar-refractivity contribution in [1.82, 2.24) is 4.98 Å². The van der Waals surface area contributed by atoms with Crippen molar-refractivity contribution in [3.8, 4) is 0 Å². The fourth-order valence-corrected chi connectivity index (χ4v) is 3.57. The molecule has 1 fully saturated rings. The third kappa shape index (κ3) is 4.54. The molecule has 27 heavy (non-hydrogen) atoms. The van der Waals surface area contributed by atoms with Gasteiger partial charge in [-0.25, -0.2) is 9.37 Å². The van der Waals surface area contributed by atoms with Crippen molar-refractivity contribution in [1.29, 1.82) is 0 Å². The van der Waals surface area contributed by atoms with Gasteiger partial charge in [0.25, 0.3) is 5.91 Å². The summed E-state index contributed by atoms with van der Waals surface area (Å²) >= 11 is 0. The van der Waals surface area contributed by atoms with E-state index in [1.54, 1.807) is 0 Å². The largest absolute Gasteiger partial charge is 0.365 e. The zero-order chi connectivity index (χ0) is 19.6. The first kappa shape index (κ1) is 19.1. The first-order valence-electron chi connectivity index (χ1n) is 9.21. The fraction of sp³-hybridized carbons (Fsp3) is 0.400. The van der Waals surface area contributed by atoms with Crippen LogP contribution in [-0.2, 0) is 0 Å². The Balaban J connectivity index is 1.94. The number of carbonyl (C=O) groups is 1. The molecule has 1 aromatic heterocycles. The van der Waals surface area contributed by atoms with E-state index in [9.17, 15) is 9.18 Å². The van der Waals surface area contributed by atoms with Gasteiger partial charge in [0, 0.05) is 17.8 Å². The van der Waals surface area contributed by atoms with Crippen LogP contribution in [0, 0.1) is 19.7 Å². The van der Waals surface area contributed by atoms with E-state index in [1.165, 1.54) is 0 Å². The lowest BCUT2D eigenvalue weighted by molar-refractivity contribution is 0.100. The first-order valence-corrected chi connectivity index (χ1v) is 9.21. The number of halogens is 1. The third-order valence-corrected chi connectivity index (χ3v) is 4.87. The van der Waals surface area contributed by atoms with Crippen LogP contribution in [0.5, 0.6) is 0 Å². The zero-order valence-electron chi connectivity index (χ0n) is 15.7. The predicted octanol–water partition coefficient (Wildman–Crippen LogP) is 3.36. The van der Waals surface area contributed by atoms with Gasteiger partial charge in [0.1, 0.15) is 5.82 Å².